The molecule has 1 fully saturated rings. The molecule has 7 nitrogen and oxygen atoms in total. The van der Waals surface area contributed by atoms with Gasteiger partial charge in [-0.3, -0.25) is 14.9 Å². The lowest BCUT2D eigenvalue weighted by Crippen LogP contribution is -2.48. The Kier molecular flexibility index (Phi) is 7.11. The minimum atomic E-state index is 0.603. The normalized spacial score (nSPS) is 15.1. The number of aromatic amines is 2. The molecule has 2 N–H and O–H groups in total. The zero-order chi connectivity index (χ0) is 24.4. The van der Waals surface area contributed by atoms with Crippen molar-refractivity contribution in [2.75, 3.05) is 26.2 Å². The van der Waals surface area contributed by atoms with Crippen molar-refractivity contribution in [1.29, 1.82) is 0 Å². The van der Waals surface area contributed by atoms with Crippen LogP contribution in [0.1, 0.15) is 19.6 Å². The summed E-state index contributed by atoms with van der Waals surface area (Å²) in [6, 6.07) is 13.3. The number of piperazine rings is 1. The van der Waals surface area contributed by atoms with Crippen molar-refractivity contribution >= 4 is 43.5 Å². The topological polar surface area (TPSA) is 77.0 Å². The van der Waals surface area contributed by atoms with Crippen LogP contribution in [-0.4, -0.2) is 62.2 Å². The number of nitrogens with zero attached hydrogens (tertiary/aromatic N) is 4. The van der Waals surface area contributed by atoms with Crippen LogP contribution in [0.4, 0.5) is 0 Å². The Morgan fingerprint density at radius 3 is 2.60 bits per heavy atom. The molecule has 4 heterocycles. The van der Waals surface area contributed by atoms with Gasteiger partial charge in [0.25, 0.3) is 0 Å². The van der Waals surface area contributed by atoms with E-state index in [9.17, 15) is 0 Å². The van der Waals surface area contributed by atoms with Crippen molar-refractivity contribution in [1.82, 2.24) is 30.0 Å². The van der Waals surface area contributed by atoms with Gasteiger partial charge in [0, 0.05) is 82.0 Å². The van der Waals surface area contributed by atoms with Gasteiger partial charge in [-0.2, -0.15) is 5.10 Å². The van der Waals surface area contributed by atoms with E-state index in [1.54, 1.807) is 0 Å². The second kappa shape index (κ2) is 10.4. The molecule has 0 unspecified atom stereocenters. The van der Waals surface area contributed by atoms with Crippen molar-refractivity contribution in [3.8, 4) is 22.6 Å². The Morgan fingerprint density at radius 2 is 1.80 bits per heavy atom. The summed E-state index contributed by atoms with van der Waals surface area (Å²) in [5.41, 5.74) is 5.33. The SMILES string of the molecule is CC(C)N1CCN(Cc2cnc(-c3cc(-c4cccc5[nH]ccc45)cc4[nH]ncc34)o2)CC1.ClCl. The van der Waals surface area contributed by atoms with Gasteiger partial charge in [0.2, 0.25) is 5.89 Å². The lowest BCUT2D eigenvalue weighted by atomic mass is 9.98. The van der Waals surface area contributed by atoms with E-state index in [0.29, 0.717) is 11.9 Å². The van der Waals surface area contributed by atoms with Gasteiger partial charge in [-0.25, -0.2) is 4.98 Å². The van der Waals surface area contributed by atoms with Crippen molar-refractivity contribution < 1.29 is 4.42 Å². The zero-order valence-corrected chi connectivity index (χ0v) is 21.3. The quantitative estimate of drug-likeness (QED) is 0.291. The number of nitrogens with one attached hydrogen (secondary N) is 2. The van der Waals surface area contributed by atoms with Gasteiger partial charge in [-0.15, -0.1) is 0 Å². The largest absolute Gasteiger partial charge is 0.440 e. The molecule has 0 spiro atoms. The molecule has 0 atom stereocenters. The highest BCUT2D eigenvalue weighted by Gasteiger charge is 2.21. The molecular weight excluding hydrogens is 483 g/mol. The average molecular weight is 511 g/mol. The monoisotopic (exact) mass is 510 g/mol. The van der Waals surface area contributed by atoms with Crippen LogP contribution in [0.25, 0.3) is 44.4 Å². The minimum Gasteiger partial charge on any atom is -0.440 e. The van der Waals surface area contributed by atoms with Crippen LogP contribution in [0.2, 0.25) is 0 Å². The Hall–Kier alpha value is -2.84. The van der Waals surface area contributed by atoms with Crippen LogP contribution in [0.15, 0.2) is 59.4 Å². The number of rotatable bonds is 5. The second-order valence-corrected chi connectivity index (χ2v) is 9.14. The molecule has 9 heteroatoms. The zero-order valence-electron chi connectivity index (χ0n) is 19.8. The van der Waals surface area contributed by atoms with Crippen LogP contribution in [-0.2, 0) is 6.54 Å². The summed E-state index contributed by atoms with van der Waals surface area (Å²) >= 11 is 0. The van der Waals surface area contributed by atoms with Crippen LogP contribution < -0.4 is 0 Å². The highest BCUT2D eigenvalue weighted by molar-refractivity contribution is 6.85. The average Bonchev–Trinajstić information content (AvgIpc) is 3.65. The molecule has 1 saturated heterocycles. The van der Waals surface area contributed by atoms with E-state index in [4.69, 9.17) is 4.42 Å². The molecule has 1 aliphatic rings. The molecule has 182 valence electrons. The number of aromatic nitrogens is 4. The number of hydrogen-bond donors (Lipinski definition) is 2. The molecule has 5 aromatic rings. The van der Waals surface area contributed by atoms with Crippen molar-refractivity contribution in [2.24, 2.45) is 0 Å². The maximum Gasteiger partial charge on any atom is 0.227 e. The fourth-order valence-electron chi connectivity index (χ4n) is 4.88. The van der Waals surface area contributed by atoms with Crippen LogP contribution in [0.3, 0.4) is 0 Å². The van der Waals surface area contributed by atoms with Crippen LogP contribution >= 0.6 is 21.7 Å². The van der Waals surface area contributed by atoms with Gasteiger partial charge < -0.3 is 9.40 Å². The highest BCUT2D eigenvalue weighted by atomic mass is 36.5. The fourth-order valence-corrected chi connectivity index (χ4v) is 4.88. The fraction of sp³-hybridized carbons (Fsp3) is 0.308. The number of oxazole rings is 1. The second-order valence-electron chi connectivity index (χ2n) is 9.14. The van der Waals surface area contributed by atoms with Crippen LogP contribution in [0.5, 0.6) is 0 Å². The molecular formula is C26H28Cl2N6O. The van der Waals surface area contributed by atoms with Gasteiger partial charge in [-0.1, -0.05) is 12.1 Å². The van der Waals surface area contributed by atoms with E-state index >= 15 is 0 Å². The summed E-state index contributed by atoms with van der Waals surface area (Å²) in [5.74, 6) is 1.54. The van der Waals surface area contributed by atoms with Crippen LogP contribution in [0, 0.1) is 0 Å². The Labute approximate surface area is 213 Å². The molecule has 0 radical (unpaired) electrons. The first kappa shape index (κ1) is 23.9. The van der Waals surface area contributed by atoms with Gasteiger partial charge in [0.15, 0.2) is 0 Å². The maximum absolute atomic E-state index is 6.27. The molecule has 2 aromatic carbocycles. The van der Waals surface area contributed by atoms with E-state index < -0.39 is 0 Å². The summed E-state index contributed by atoms with van der Waals surface area (Å²) < 4.78 is 6.27. The van der Waals surface area contributed by atoms with E-state index in [-0.39, 0.29) is 0 Å². The molecule has 0 aliphatic carbocycles. The summed E-state index contributed by atoms with van der Waals surface area (Å²) in [6.07, 6.45) is 5.70. The molecule has 0 saturated carbocycles. The first-order valence-electron chi connectivity index (χ1n) is 11.7. The van der Waals surface area contributed by atoms with Gasteiger partial charge in [0.1, 0.15) is 5.76 Å². The summed E-state index contributed by atoms with van der Waals surface area (Å²) in [7, 11) is 8.22. The number of fused-ring (bicyclic) bond motifs is 2. The predicted molar refractivity (Wildman–Crippen MR) is 143 cm³/mol. The minimum absolute atomic E-state index is 0.603. The smallest absolute Gasteiger partial charge is 0.227 e. The molecule has 35 heavy (non-hydrogen) atoms. The molecule has 0 bridgehead atoms. The lowest BCUT2D eigenvalue weighted by molar-refractivity contribution is 0.0992. The number of benzene rings is 2. The molecule has 0 amide bonds. The molecule has 6 rings (SSSR count). The standard InChI is InChI=1S/C26H28N6O.Cl2/c1-17(2)32-10-8-31(9-11-32)16-19-14-28-26(33-19)22-12-18(13-25-23(22)15-29-30-25)20-4-3-5-24-21(20)6-7-27-24;1-2/h3-7,12-15,17,27H,8-11,16H2,1-2H3,(H,29,30);. The number of hydrogen-bond acceptors (Lipinski definition) is 5. The third kappa shape index (κ3) is 4.82. The number of halogens is 2. The third-order valence-corrected chi connectivity index (χ3v) is 6.77. The van der Waals surface area contributed by atoms with Crippen molar-refractivity contribution in [3.63, 3.8) is 0 Å². The lowest BCUT2D eigenvalue weighted by Gasteiger charge is -2.36. The third-order valence-electron chi connectivity index (χ3n) is 6.77. The summed E-state index contributed by atoms with van der Waals surface area (Å²) in [5, 5.41) is 9.61. The van der Waals surface area contributed by atoms with E-state index in [2.05, 4.69) is 102 Å². The first-order chi connectivity index (χ1) is 17.2. The van der Waals surface area contributed by atoms with Gasteiger partial charge >= 0.3 is 0 Å². The van der Waals surface area contributed by atoms with Crippen molar-refractivity contribution in [2.45, 2.75) is 26.4 Å². The molecule has 3 aromatic heterocycles. The maximum atomic E-state index is 6.27. The van der Waals surface area contributed by atoms with Gasteiger partial charge in [0.05, 0.1) is 24.5 Å². The number of H-pyrrole nitrogens is 2. The van der Waals surface area contributed by atoms with E-state index in [0.717, 1.165) is 66.0 Å². The Morgan fingerprint density at radius 1 is 0.971 bits per heavy atom. The first-order valence-corrected chi connectivity index (χ1v) is 12.9. The summed E-state index contributed by atoms with van der Waals surface area (Å²) in [4.78, 5) is 12.9. The predicted octanol–water partition coefficient (Wildman–Crippen LogP) is 6.27. The van der Waals surface area contributed by atoms with E-state index in [1.807, 2.05) is 18.6 Å². The molecule has 1 aliphatic heterocycles. The van der Waals surface area contributed by atoms with E-state index in [1.165, 1.54) is 10.9 Å². The highest BCUT2D eigenvalue weighted by Crippen LogP contribution is 2.35. The van der Waals surface area contributed by atoms with Crippen molar-refractivity contribution in [3.05, 3.63) is 60.7 Å². The summed E-state index contributed by atoms with van der Waals surface area (Å²) in [6.45, 7) is 9.61. The van der Waals surface area contributed by atoms with Gasteiger partial charge in [-0.05, 0) is 49.2 Å². The Balaban J connectivity index is 0.00000124. The Bertz CT molecular complexity index is 1410.